The number of benzene rings is 2. The van der Waals surface area contributed by atoms with Crippen LogP contribution in [0, 0.1) is 0 Å². The Bertz CT molecular complexity index is 2360. The van der Waals surface area contributed by atoms with Gasteiger partial charge in [-0.3, -0.25) is 19.9 Å². The average Bonchev–Trinajstić information content (AvgIpc) is 3.84. The zero-order valence-corrected chi connectivity index (χ0v) is 25.7. The molecule has 8 nitrogen and oxygen atoms in total. The monoisotopic (exact) mass is 634 g/mol. The lowest BCUT2D eigenvalue weighted by molar-refractivity contribution is -0.118. The van der Waals surface area contributed by atoms with Crippen LogP contribution in [0.2, 0.25) is 5.02 Å². The molecule has 2 aromatic heterocycles. The number of anilines is 1. The summed E-state index contributed by atoms with van der Waals surface area (Å²) < 4.78 is 0. The molecule has 4 aromatic rings. The number of nitrogens with zero attached hydrogens (tertiary/aromatic N) is 3. The highest BCUT2D eigenvalue weighted by Gasteiger charge is 2.48. The first-order valence-corrected chi connectivity index (χ1v) is 15.6. The van der Waals surface area contributed by atoms with Crippen LogP contribution >= 0.6 is 11.6 Å². The van der Waals surface area contributed by atoms with Crippen molar-refractivity contribution in [2.75, 3.05) is 5.32 Å². The molecule has 8 rings (SSSR count). The molecule has 47 heavy (non-hydrogen) atoms. The summed E-state index contributed by atoms with van der Waals surface area (Å²) in [6.07, 6.45) is 18.7. The molecule has 2 aromatic carbocycles. The van der Waals surface area contributed by atoms with Crippen molar-refractivity contribution < 1.29 is 9.59 Å². The maximum atomic E-state index is 14.7. The van der Waals surface area contributed by atoms with Crippen LogP contribution in [0.1, 0.15) is 5.56 Å². The summed E-state index contributed by atoms with van der Waals surface area (Å²) in [4.78, 5) is 45.6. The summed E-state index contributed by atoms with van der Waals surface area (Å²) in [5, 5.41) is 9.78. The SMILES string of the molecule is O=C(/C=C1/C(=O)C2(Cc3cccc(Cl)c3)C=C3C=CC(=N3)C=c3ccc([nH]3)=CC3=NC(=CC1N2)C=C3)Nc1ccc2ncccc2c1. The molecule has 228 valence electrons. The number of allylic oxidation sites excluding steroid dienone is 4. The number of hydrogen-bond acceptors (Lipinski definition) is 6. The van der Waals surface area contributed by atoms with E-state index in [9.17, 15) is 9.59 Å². The normalized spacial score (nSPS) is 22.0. The Morgan fingerprint density at radius 3 is 2.51 bits per heavy atom. The Kier molecular flexibility index (Phi) is 7.09. The number of carbonyl (C=O) groups excluding carboxylic acids is 2. The number of aromatic nitrogens is 2. The molecule has 6 heterocycles. The van der Waals surface area contributed by atoms with Crippen LogP contribution in [-0.2, 0) is 16.0 Å². The van der Waals surface area contributed by atoms with Gasteiger partial charge in [-0.1, -0.05) is 29.8 Å². The number of halogens is 1. The van der Waals surface area contributed by atoms with E-state index in [1.165, 1.54) is 6.08 Å². The lowest BCUT2D eigenvalue weighted by Gasteiger charge is -2.25. The first kappa shape index (κ1) is 28.8. The molecule has 1 saturated heterocycles. The molecule has 3 N–H and O–H groups in total. The minimum Gasteiger partial charge on any atom is -0.355 e. The number of Topliss-reactive ketones (excluding diaryl/α,β-unsaturated/α-hetero) is 1. The Balaban J connectivity index is 1.25. The highest BCUT2D eigenvalue weighted by atomic mass is 35.5. The van der Waals surface area contributed by atoms with Gasteiger partial charge >= 0.3 is 0 Å². The number of aromatic amines is 1. The van der Waals surface area contributed by atoms with Crippen LogP contribution in [0.15, 0.2) is 142 Å². The Hall–Kier alpha value is -5.70. The number of ketones is 1. The Morgan fingerprint density at radius 1 is 0.915 bits per heavy atom. The summed E-state index contributed by atoms with van der Waals surface area (Å²) in [6, 6.07) is 20.1. The highest BCUT2D eigenvalue weighted by Crippen LogP contribution is 2.34. The van der Waals surface area contributed by atoms with E-state index in [4.69, 9.17) is 21.6 Å². The largest absolute Gasteiger partial charge is 0.355 e. The first-order chi connectivity index (χ1) is 22.9. The maximum absolute atomic E-state index is 14.7. The van der Waals surface area contributed by atoms with Crippen LogP contribution in [0.3, 0.4) is 0 Å². The Morgan fingerprint density at radius 2 is 1.70 bits per heavy atom. The third kappa shape index (κ3) is 5.88. The van der Waals surface area contributed by atoms with E-state index in [0.717, 1.165) is 38.6 Å². The predicted molar refractivity (Wildman–Crippen MR) is 187 cm³/mol. The number of pyridine rings is 1. The summed E-state index contributed by atoms with van der Waals surface area (Å²) >= 11 is 6.38. The molecule has 2 atom stereocenters. The molecule has 9 heteroatoms. The van der Waals surface area contributed by atoms with E-state index in [1.54, 1.807) is 18.3 Å². The molecule has 1 amide bonds. The summed E-state index contributed by atoms with van der Waals surface area (Å²) in [7, 11) is 0. The van der Waals surface area contributed by atoms with E-state index in [1.807, 2.05) is 103 Å². The summed E-state index contributed by atoms with van der Waals surface area (Å²) in [5.74, 6) is -0.655. The zero-order chi connectivity index (χ0) is 32.0. The third-order valence-electron chi connectivity index (χ3n) is 8.38. The highest BCUT2D eigenvalue weighted by molar-refractivity contribution is 6.30. The van der Waals surface area contributed by atoms with Crippen LogP contribution < -0.4 is 21.3 Å². The van der Waals surface area contributed by atoms with Gasteiger partial charge in [0.2, 0.25) is 5.91 Å². The maximum Gasteiger partial charge on any atom is 0.248 e. The smallest absolute Gasteiger partial charge is 0.248 e. The number of nitrogens with one attached hydrogen (secondary N) is 3. The van der Waals surface area contributed by atoms with Crippen molar-refractivity contribution in [1.29, 1.82) is 0 Å². The van der Waals surface area contributed by atoms with Gasteiger partial charge in [-0.05, 0) is 103 Å². The van der Waals surface area contributed by atoms with Crippen molar-refractivity contribution in [1.82, 2.24) is 15.3 Å². The quantitative estimate of drug-likeness (QED) is 0.283. The van der Waals surface area contributed by atoms with Crippen molar-refractivity contribution in [3.63, 3.8) is 0 Å². The topological polar surface area (TPSA) is 112 Å². The van der Waals surface area contributed by atoms with Gasteiger partial charge in [0.15, 0.2) is 5.78 Å². The molecule has 1 fully saturated rings. The second kappa shape index (κ2) is 11.6. The number of rotatable bonds is 4. The molecule has 4 aliphatic heterocycles. The molecule has 0 aliphatic carbocycles. The lowest BCUT2D eigenvalue weighted by Crippen LogP contribution is -2.47. The van der Waals surface area contributed by atoms with Crippen LogP contribution in [0.5, 0.6) is 0 Å². The average molecular weight is 635 g/mol. The first-order valence-electron chi connectivity index (χ1n) is 15.2. The summed E-state index contributed by atoms with van der Waals surface area (Å²) in [6.45, 7) is 0. The fourth-order valence-corrected chi connectivity index (χ4v) is 6.51. The van der Waals surface area contributed by atoms with Gasteiger partial charge in [0.05, 0.1) is 34.4 Å². The number of amides is 1. The van der Waals surface area contributed by atoms with Crippen molar-refractivity contribution in [2.24, 2.45) is 9.98 Å². The van der Waals surface area contributed by atoms with Gasteiger partial charge in [-0.2, -0.15) is 0 Å². The number of hydrogen-bond donors (Lipinski definition) is 3. The standard InChI is InChI=1S/C38H27ClN6O2/c39-25-5-1-3-23(15-25)21-38-22-32-11-10-30(43-32)18-28-7-6-27(41-28)17-29-8-9-31(42-29)19-35(45-38)33(37(38)47)20-36(46)44-26-12-13-34-24(16-26)4-2-14-40-34/h1-20,22,35,41,45H,21H2,(H,44,46)/b27-17?,28-18?,31-19?,32-22?,33-20+. The second-order valence-electron chi connectivity index (χ2n) is 11.8. The van der Waals surface area contributed by atoms with Crippen LogP contribution in [-0.4, -0.2) is 44.7 Å². The van der Waals surface area contributed by atoms with Gasteiger partial charge in [-0.25, -0.2) is 9.98 Å². The van der Waals surface area contributed by atoms with Gasteiger partial charge in [0, 0.05) is 51.1 Å². The van der Waals surface area contributed by atoms with Crippen molar-refractivity contribution in [3.8, 4) is 0 Å². The van der Waals surface area contributed by atoms with Crippen molar-refractivity contribution in [2.45, 2.75) is 18.0 Å². The van der Waals surface area contributed by atoms with Gasteiger partial charge in [0.1, 0.15) is 5.54 Å². The van der Waals surface area contributed by atoms with Crippen molar-refractivity contribution in [3.05, 3.63) is 154 Å². The molecule has 2 unspecified atom stereocenters. The molecule has 0 spiro atoms. The minimum absolute atomic E-state index is 0.235. The van der Waals surface area contributed by atoms with E-state index in [2.05, 4.69) is 20.6 Å². The second-order valence-corrected chi connectivity index (χ2v) is 12.2. The lowest BCUT2D eigenvalue weighted by atomic mass is 9.85. The zero-order valence-electron chi connectivity index (χ0n) is 24.9. The van der Waals surface area contributed by atoms with Gasteiger partial charge in [0.25, 0.3) is 0 Å². The molecular weight excluding hydrogens is 608 g/mol. The number of fused-ring (bicyclic) bond motifs is 7. The third-order valence-corrected chi connectivity index (χ3v) is 8.62. The molecule has 8 bridgehead atoms. The van der Waals surface area contributed by atoms with E-state index in [0.29, 0.717) is 27.7 Å². The number of carbonyl (C=O) groups is 2. The number of H-pyrrole nitrogens is 1. The fourth-order valence-electron chi connectivity index (χ4n) is 6.30. The summed E-state index contributed by atoms with van der Waals surface area (Å²) in [5.41, 5.74) is 4.18. The van der Waals surface area contributed by atoms with Gasteiger partial charge in [-0.15, -0.1) is 0 Å². The molecule has 0 radical (unpaired) electrons. The van der Waals surface area contributed by atoms with Gasteiger partial charge < -0.3 is 10.3 Å². The van der Waals surface area contributed by atoms with Crippen LogP contribution in [0.4, 0.5) is 5.69 Å². The number of aliphatic imine (C=N–C) groups is 2. The fraction of sp³-hybridized carbons (Fsp3) is 0.0789. The van der Waals surface area contributed by atoms with Crippen molar-refractivity contribution >= 4 is 63.5 Å². The molecule has 0 saturated carbocycles. The Labute approximate surface area is 274 Å². The molecule has 4 aliphatic rings. The van der Waals surface area contributed by atoms with Crippen LogP contribution in [0.25, 0.3) is 23.1 Å². The predicted octanol–water partition coefficient (Wildman–Crippen LogP) is 4.67. The minimum atomic E-state index is -1.23. The van der Waals surface area contributed by atoms with E-state index >= 15 is 0 Å². The van der Waals surface area contributed by atoms with E-state index in [-0.39, 0.29) is 12.2 Å². The van der Waals surface area contributed by atoms with E-state index < -0.39 is 17.5 Å². The molecular formula is C38H27ClN6O2.